The van der Waals surface area contributed by atoms with Gasteiger partial charge in [-0.3, -0.25) is 4.98 Å². The molecule has 27 heavy (non-hydrogen) atoms. The monoisotopic (exact) mass is 447 g/mol. The molecule has 0 saturated carbocycles. The number of nitrogen functional groups attached to an aromatic ring is 1. The van der Waals surface area contributed by atoms with Crippen LogP contribution in [0.4, 0.5) is 10.3 Å². The molecule has 0 bridgehead atoms. The third-order valence-corrected chi connectivity index (χ3v) is 5.90. The number of pyridine rings is 1. The van der Waals surface area contributed by atoms with E-state index in [1.807, 2.05) is 19.2 Å². The standard InChI is InChI=1S/C17H15BrFN7S/c1-8(2)11-4-3-10(19)12(21-11)5-26-6-13(24-25-26)15-16-14(9(18)7-27-16)22-17(20)23-15/h3-4,6-8H,5H2,1-2H3,(H2,20,22,23). The summed E-state index contributed by atoms with van der Waals surface area (Å²) in [5.41, 5.74) is 8.87. The van der Waals surface area contributed by atoms with Crippen LogP contribution in [0.3, 0.4) is 0 Å². The van der Waals surface area contributed by atoms with E-state index in [0.717, 1.165) is 20.4 Å². The number of anilines is 1. The van der Waals surface area contributed by atoms with Gasteiger partial charge in [0.25, 0.3) is 0 Å². The minimum atomic E-state index is -0.368. The average Bonchev–Trinajstić information content (AvgIpc) is 3.23. The van der Waals surface area contributed by atoms with Crippen molar-refractivity contribution in [3.63, 3.8) is 0 Å². The van der Waals surface area contributed by atoms with E-state index in [-0.39, 0.29) is 24.2 Å². The van der Waals surface area contributed by atoms with Gasteiger partial charge in [-0.2, -0.15) is 0 Å². The van der Waals surface area contributed by atoms with E-state index in [4.69, 9.17) is 5.73 Å². The van der Waals surface area contributed by atoms with Gasteiger partial charge in [0, 0.05) is 11.1 Å². The van der Waals surface area contributed by atoms with E-state index in [1.54, 1.807) is 12.3 Å². The minimum Gasteiger partial charge on any atom is -0.368 e. The van der Waals surface area contributed by atoms with Crippen LogP contribution < -0.4 is 5.73 Å². The van der Waals surface area contributed by atoms with E-state index >= 15 is 0 Å². The molecular formula is C17H15BrFN7S. The zero-order chi connectivity index (χ0) is 19.1. The number of hydrogen-bond donors (Lipinski definition) is 1. The van der Waals surface area contributed by atoms with Gasteiger partial charge in [0.05, 0.1) is 27.6 Å². The lowest BCUT2D eigenvalue weighted by atomic mass is 10.1. The van der Waals surface area contributed by atoms with E-state index in [9.17, 15) is 4.39 Å². The lowest BCUT2D eigenvalue weighted by Crippen LogP contribution is -2.07. The highest BCUT2D eigenvalue weighted by Crippen LogP contribution is 2.35. The Bertz CT molecular complexity index is 1140. The van der Waals surface area contributed by atoms with Gasteiger partial charge < -0.3 is 5.73 Å². The molecule has 7 nitrogen and oxygen atoms in total. The van der Waals surface area contributed by atoms with Crippen LogP contribution in [0.15, 0.2) is 28.2 Å². The van der Waals surface area contributed by atoms with Gasteiger partial charge in [0.2, 0.25) is 5.95 Å². The highest BCUT2D eigenvalue weighted by atomic mass is 79.9. The maximum Gasteiger partial charge on any atom is 0.221 e. The van der Waals surface area contributed by atoms with E-state index in [1.165, 1.54) is 22.1 Å². The molecule has 0 fully saturated rings. The number of aromatic nitrogens is 6. The smallest absolute Gasteiger partial charge is 0.221 e. The Hall–Kier alpha value is -2.46. The minimum absolute atomic E-state index is 0.156. The second kappa shape index (κ2) is 6.93. The summed E-state index contributed by atoms with van der Waals surface area (Å²) in [5, 5.41) is 10.2. The number of nitrogens with zero attached hydrogens (tertiary/aromatic N) is 6. The summed E-state index contributed by atoms with van der Waals surface area (Å²) >= 11 is 4.95. The van der Waals surface area contributed by atoms with Gasteiger partial charge in [0.15, 0.2) is 0 Å². The van der Waals surface area contributed by atoms with Gasteiger partial charge in [-0.25, -0.2) is 19.0 Å². The van der Waals surface area contributed by atoms with Crippen LogP contribution in [-0.4, -0.2) is 29.9 Å². The molecule has 0 saturated heterocycles. The summed E-state index contributed by atoms with van der Waals surface area (Å²) in [6.45, 7) is 4.21. The fourth-order valence-corrected chi connectivity index (χ4v) is 4.21. The number of thiophene rings is 1. The molecule has 10 heteroatoms. The number of hydrogen-bond acceptors (Lipinski definition) is 7. The number of fused-ring (bicyclic) bond motifs is 1. The van der Waals surface area contributed by atoms with Crippen molar-refractivity contribution in [3.05, 3.63) is 45.4 Å². The summed E-state index contributed by atoms with van der Waals surface area (Å²) in [5.74, 6) is 0.000939. The third kappa shape index (κ3) is 3.42. The molecule has 2 N–H and O–H groups in total. The molecule has 0 atom stereocenters. The lowest BCUT2D eigenvalue weighted by molar-refractivity contribution is 0.557. The van der Waals surface area contributed by atoms with Crippen molar-refractivity contribution >= 4 is 43.4 Å². The van der Waals surface area contributed by atoms with Crippen LogP contribution in [0, 0.1) is 5.82 Å². The predicted molar refractivity (Wildman–Crippen MR) is 106 cm³/mol. The largest absolute Gasteiger partial charge is 0.368 e. The SMILES string of the molecule is CC(C)c1ccc(F)c(Cn2cc(-c3nc(N)nc4c(Br)csc34)nn2)n1. The highest BCUT2D eigenvalue weighted by Gasteiger charge is 2.17. The molecule has 0 aliphatic rings. The van der Waals surface area contributed by atoms with E-state index in [0.29, 0.717) is 17.1 Å². The fraction of sp³-hybridized carbons (Fsp3) is 0.235. The predicted octanol–water partition coefficient (Wildman–Crippen LogP) is 4.00. The number of nitrogens with two attached hydrogens (primary N) is 1. The van der Waals surface area contributed by atoms with Gasteiger partial charge in [-0.15, -0.1) is 16.4 Å². The Labute approximate surface area is 166 Å². The van der Waals surface area contributed by atoms with Gasteiger partial charge >= 0.3 is 0 Å². The molecule has 0 aliphatic carbocycles. The van der Waals surface area contributed by atoms with Crippen LogP contribution >= 0.6 is 27.3 Å². The third-order valence-electron chi connectivity index (χ3n) is 4.01. The Morgan fingerprint density at radius 2 is 2.07 bits per heavy atom. The Balaban J connectivity index is 1.70. The van der Waals surface area contributed by atoms with Gasteiger partial charge in [0.1, 0.15) is 22.7 Å². The molecule has 0 unspecified atom stereocenters. The summed E-state index contributed by atoms with van der Waals surface area (Å²) in [4.78, 5) is 13.0. The van der Waals surface area contributed by atoms with Crippen molar-refractivity contribution in [3.8, 4) is 11.4 Å². The van der Waals surface area contributed by atoms with Crippen LogP contribution in [0.25, 0.3) is 21.6 Å². The zero-order valence-corrected chi connectivity index (χ0v) is 16.9. The van der Waals surface area contributed by atoms with Gasteiger partial charge in [-0.1, -0.05) is 19.1 Å². The molecule has 0 aliphatic heterocycles. The molecular weight excluding hydrogens is 433 g/mol. The molecule has 0 aromatic carbocycles. The maximum absolute atomic E-state index is 14.1. The molecule has 0 radical (unpaired) electrons. The van der Waals surface area contributed by atoms with Crippen LogP contribution in [0.2, 0.25) is 0 Å². The van der Waals surface area contributed by atoms with Crippen molar-refractivity contribution in [1.29, 1.82) is 0 Å². The first kappa shape index (κ1) is 17.9. The van der Waals surface area contributed by atoms with Crippen LogP contribution in [-0.2, 0) is 6.54 Å². The lowest BCUT2D eigenvalue weighted by Gasteiger charge is -2.08. The maximum atomic E-state index is 14.1. The molecule has 4 heterocycles. The highest BCUT2D eigenvalue weighted by molar-refractivity contribution is 9.10. The number of rotatable bonds is 4. The summed E-state index contributed by atoms with van der Waals surface area (Å²) in [6, 6.07) is 3.14. The normalized spacial score (nSPS) is 11.6. The van der Waals surface area contributed by atoms with E-state index < -0.39 is 0 Å². The Morgan fingerprint density at radius 3 is 2.85 bits per heavy atom. The first-order valence-corrected chi connectivity index (χ1v) is 9.85. The van der Waals surface area contributed by atoms with Crippen LogP contribution in [0.1, 0.15) is 31.2 Å². The zero-order valence-electron chi connectivity index (χ0n) is 14.5. The molecule has 138 valence electrons. The van der Waals surface area contributed by atoms with Crippen molar-refractivity contribution in [2.24, 2.45) is 0 Å². The van der Waals surface area contributed by atoms with Crippen molar-refractivity contribution < 1.29 is 4.39 Å². The van der Waals surface area contributed by atoms with Crippen LogP contribution in [0.5, 0.6) is 0 Å². The summed E-state index contributed by atoms with van der Waals surface area (Å²) in [6.07, 6.45) is 1.71. The van der Waals surface area contributed by atoms with Gasteiger partial charge in [-0.05, 0) is 34.0 Å². The summed E-state index contributed by atoms with van der Waals surface area (Å²) in [7, 11) is 0. The van der Waals surface area contributed by atoms with E-state index in [2.05, 4.69) is 41.2 Å². The molecule has 4 rings (SSSR count). The molecule has 0 amide bonds. The van der Waals surface area contributed by atoms with Crippen molar-refractivity contribution in [2.75, 3.05) is 5.73 Å². The second-order valence-electron chi connectivity index (χ2n) is 6.31. The fourth-order valence-electron chi connectivity index (χ4n) is 2.65. The number of halogens is 2. The summed E-state index contributed by atoms with van der Waals surface area (Å²) < 4.78 is 17.4. The Kier molecular flexibility index (Phi) is 4.60. The molecule has 4 aromatic rings. The topological polar surface area (TPSA) is 95.4 Å². The van der Waals surface area contributed by atoms with Crippen molar-refractivity contribution in [2.45, 2.75) is 26.3 Å². The molecule has 4 aromatic heterocycles. The average molecular weight is 448 g/mol. The quantitative estimate of drug-likeness (QED) is 0.507. The first-order chi connectivity index (χ1) is 12.9. The first-order valence-electron chi connectivity index (χ1n) is 8.18. The molecule has 0 spiro atoms. The van der Waals surface area contributed by atoms with Crippen molar-refractivity contribution in [1.82, 2.24) is 29.9 Å². The Morgan fingerprint density at radius 1 is 1.26 bits per heavy atom. The second-order valence-corrected chi connectivity index (χ2v) is 8.05.